The molecule has 1 radical (unpaired) electrons. The van der Waals surface area contributed by atoms with E-state index in [2.05, 4.69) is 9.75 Å². The van der Waals surface area contributed by atoms with Crippen molar-refractivity contribution in [2.24, 2.45) is 0 Å². The van der Waals surface area contributed by atoms with Crippen LogP contribution < -0.4 is 0 Å². The summed E-state index contributed by atoms with van der Waals surface area (Å²) in [5, 5.41) is 2.79. The Labute approximate surface area is 34.4 Å². The molecule has 25 valence electrons. The first-order chi connectivity index (χ1) is 2.50. The van der Waals surface area contributed by atoms with Gasteiger partial charge in [0.25, 0.3) is 0 Å². The highest BCUT2D eigenvalue weighted by Gasteiger charge is 1.61. The summed E-state index contributed by atoms with van der Waals surface area (Å²) >= 11 is 1.34. The van der Waals surface area contributed by atoms with Gasteiger partial charge in [-0.3, -0.25) is 0 Å². The zero-order valence-electron chi connectivity index (χ0n) is 2.51. The summed E-state index contributed by atoms with van der Waals surface area (Å²) in [6, 6.07) is 1.78. The molecule has 1 nitrogen and oxygen atoms in total. The van der Waals surface area contributed by atoms with Crippen molar-refractivity contribution in [3.8, 4) is 0 Å². The topological polar surface area (TPSA) is 12.9 Å². The van der Waals surface area contributed by atoms with E-state index in [1.807, 2.05) is 0 Å². The predicted molar refractivity (Wildman–Crippen MR) is 20.9 cm³/mol. The summed E-state index contributed by atoms with van der Waals surface area (Å²) in [5.74, 6) is 0. The number of aromatic nitrogens is 1. The second-order valence-corrected chi connectivity index (χ2v) is 1.26. The molecule has 0 atom stereocenters. The third kappa shape index (κ3) is 0.450. The van der Waals surface area contributed by atoms with Gasteiger partial charge in [-0.25, -0.2) is 4.37 Å². The number of hydrogen-bond acceptors (Lipinski definition) is 2. The zero-order chi connectivity index (χ0) is 3.54. The number of hydrogen-bond donors (Lipinski definition) is 0. The van der Waals surface area contributed by atoms with Crippen molar-refractivity contribution >= 4 is 11.5 Å². The summed E-state index contributed by atoms with van der Waals surface area (Å²) in [5.41, 5.74) is 0. The molecule has 0 aromatic carbocycles. The van der Waals surface area contributed by atoms with Crippen molar-refractivity contribution < 1.29 is 0 Å². The molecule has 0 bridgehead atoms. The molecule has 0 aliphatic heterocycles. The van der Waals surface area contributed by atoms with Crippen LogP contribution in [0.4, 0.5) is 0 Å². The third-order valence-corrected chi connectivity index (χ3v) is 0.777. The van der Waals surface area contributed by atoms with Crippen molar-refractivity contribution in [3.63, 3.8) is 0 Å². The van der Waals surface area contributed by atoms with Crippen LogP contribution in [0.5, 0.6) is 0 Å². The lowest BCUT2D eigenvalue weighted by Crippen LogP contribution is -1.32. The van der Waals surface area contributed by atoms with Crippen LogP contribution in [0, 0.1) is 5.38 Å². The van der Waals surface area contributed by atoms with E-state index in [9.17, 15) is 0 Å². The number of rotatable bonds is 0. The largest absolute Gasteiger partial charge is 0.201 e. The zero-order valence-corrected chi connectivity index (χ0v) is 3.33. The molecular weight excluding hydrogens is 82.1 g/mol. The summed E-state index contributed by atoms with van der Waals surface area (Å²) in [7, 11) is 0. The first-order valence-electron chi connectivity index (χ1n) is 1.27. The van der Waals surface area contributed by atoms with Gasteiger partial charge in [-0.05, 0) is 17.6 Å². The average Bonchev–Trinajstić information content (AvgIpc) is 1.76. The standard InChI is InChI=1S/C3H2NS/c1-2-4-5-3-1/h1-2H. The van der Waals surface area contributed by atoms with Gasteiger partial charge in [0, 0.05) is 6.20 Å². The molecule has 2 heteroatoms. The Balaban J connectivity index is 3.13. The molecule has 5 heavy (non-hydrogen) atoms. The van der Waals surface area contributed by atoms with E-state index in [0.29, 0.717) is 0 Å². The van der Waals surface area contributed by atoms with Crippen LogP contribution in [0.3, 0.4) is 0 Å². The molecule has 1 rings (SSSR count). The van der Waals surface area contributed by atoms with Crippen LogP contribution in [0.15, 0.2) is 12.3 Å². The summed E-state index contributed by atoms with van der Waals surface area (Å²) in [6.45, 7) is 0. The van der Waals surface area contributed by atoms with E-state index < -0.39 is 0 Å². The van der Waals surface area contributed by atoms with Crippen LogP contribution in [-0.2, 0) is 0 Å². The maximum atomic E-state index is 3.71. The minimum absolute atomic E-state index is 1.34. The Hall–Kier alpha value is -0.370. The summed E-state index contributed by atoms with van der Waals surface area (Å²) in [4.78, 5) is 0. The van der Waals surface area contributed by atoms with Crippen LogP contribution in [0.2, 0.25) is 0 Å². The smallest absolute Gasteiger partial charge is 0.0665 e. The summed E-state index contributed by atoms with van der Waals surface area (Å²) in [6.07, 6.45) is 1.71. The highest BCUT2D eigenvalue weighted by atomic mass is 32.1. The molecular formula is C3H2NS. The second-order valence-electron chi connectivity index (χ2n) is 0.630. The molecule has 0 aliphatic carbocycles. The van der Waals surface area contributed by atoms with Crippen LogP contribution >= 0.6 is 11.5 Å². The van der Waals surface area contributed by atoms with Crippen molar-refractivity contribution in [3.05, 3.63) is 17.6 Å². The lowest BCUT2D eigenvalue weighted by Gasteiger charge is -1.40. The van der Waals surface area contributed by atoms with E-state index in [0.717, 1.165) is 0 Å². The molecule has 0 spiro atoms. The molecule has 0 saturated carbocycles. The molecule has 0 aliphatic rings. The monoisotopic (exact) mass is 84.0 g/mol. The fourth-order valence-corrected chi connectivity index (χ4v) is 0.456. The molecule has 1 aromatic rings. The molecule has 0 N–H and O–H groups in total. The average molecular weight is 84.1 g/mol. The Morgan fingerprint density at radius 2 is 2.80 bits per heavy atom. The van der Waals surface area contributed by atoms with Crippen LogP contribution in [0.25, 0.3) is 0 Å². The highest BCUT2D eigenvalue weighted by Crippen LogP contribution is 1.82. The van der Waals surface area contributed by atoms with Gasteiger partial charge in [0.05, 0.1) is 5.38 Å². The molecule has 1 aromatic heterocycles. The van der Waals surface area contributed by atoms with Crippen molar-refractivity contribution in [1.29, 1.82) is 0 Å². The first kappa shape index (κ1) is 2.85. The maximum absolute atomic E-state index is 3.71. The first-order valence-corrected chi connectivity index (χ1v) is 2.04. The normalized spacial score (nSPS) is 8.00. The van der Waals surface area contributed by atoms with Gasteiger partial charge in [-0.1, -0.05) is 0 Å². The quantitative estimate of drug-likeness (QED) is 0.456. The Morgan fingerprint density at radius 1 is 1.80 bits per heavy atom. The Bertz CT molecular complexity index is 63.4. The lowest BCUT2D eigenvalue weighted by atomic mass is 10.8. The van der Waals surface area contributed by atoms with Crippen LogP contribution in [-0.4, -0.2) is 4.37 Å². The fraction of sp³-hybridized carbons (Fsp3) is 0. The summed E-state index contributed by atoms with van der Waals surface area (Å²) < 4.78 is 3.71. The van der Waals surface area contributed by atoms with E-state index in [4.69, 9.17) is 0 Å². The van der Waals surface area contributed by atoms with E-state index >= 15 is 0 Å². The lowest BCUT2D eigenvalue weighted by molar-refractivity contribution is 1.58. The van der Waals surface area contributed by atoms with Crippen LogP contribution in [0.1, 0.15) is 0 Å². The van der Waals surface area contributed by atoms with E-state index in [1.54, 1.807) is 12.3 Å². The predicted octanol–water partition coefficient (Wildman–Crippen LogP) is 0.943. The Morgan fingerprint density at radius 3 is 3.00 bits per heavy atom. The number of nitrogens with zero attached hydrogens (tertiary/aromatic N) is 1. The molecule has 0 unspecified atom stereocenters. The van der Waals surface area contributed by atoms with Crippen molar-refractivity contribution in [2.75, 3.05) is 0 Å². The minimum Gasteiger partial charge on any atom is -0.201 e. The highest BCUT2D eigenvalue weighted by molar-refractivity contribution is 7.02. The third-order valence-electron chi connectivity index (χ3n) is 0.309. The fourth-order valence-electron chi connectivity index (χ4n) is 0.152. The van der Waals surface area contributed by atoms with Gasteiger partial charge in [0.1, 0.15) is 0 Å². The van der Waals surface area contributed by atoms with Gasteiger partial charge in [-0.15, -0.1) is 0 Å². The molecule has 0 amide bonds. The minimum atomic E-state index is 1.34. The maximum Gasteiger partial charge on any atom is 0.0665 e. The van der Waals surface area contributed by atoms with E-state index in [-0.39, 0.29) is 0 Å². The molecule has 1 heterocycles. The van der Waals surface area contributed by atoms with Gasteiger partial charge in [0.2, 0.25) is 0 Å². The molecule has 0 fully saturated rings. The second kappa shape index (κ2) is 1.17. The van der Waals surface area contributed by atoms with Gasteiger partial charge in [0.15, 0.2) is 0 Å². The Kier molecular flexibility index (Phi) is 0.667. The van der Waals surface area contributed by atoms with Crippen molar-refractivity contribution in [1.82, 2.24) is 4.37 Å². The van der Waals surface area contributed by atoms with Crippen molar-refractivity contribution in [2.45, 2.75) is 0 Å². The SMILES string of the molecule is [c]1ccns1. The van der Waals surface area contributed by atoms with Gasteiger partial charge >= 0.3 is 0 Å². The van der Waals surface area contributed by atoms with Gasteiger partial charge < -0.3 is 0 Å². The van der Waals surface area contributed by atoms with Gasteiger partial charge in [-0.2, -0.15) is 0 Å². The molecule has 0 saturated heterocycles. The van der Waals surface area contributed by atoms with E-state index in [1.165, 1.54) is 11.5 Å².